The fourth-order valence-electron chi connectivity index (χ4n) is 0.738. The van der Waals surface area contributed by atoms with Gasteiger partial charge >= 0.3 is 0 Å². The third-order valence-corrected chi connectivity index (χ3v) is 1.52. The molecular weight excluding hydrogens is 128 g/mol. The Morgan fingerprint density at radius 1 is 1.70 bits per heavy atom. The summed E-state index contributed by atoms with van der Waals surface area (Å²) < 4.78 is 4.90. The monoisotopic (exact) mass is 140 g/mol. The molecule has 56 valence electrons. The van der Waals surface area contributed by atoms with Crippen molar-refractivity contribution >= 4 is 0 Å². The van der Waals surface area contributed by atoms with Gasteiger partial charge in [0, 0.05) is 12.1 Å². The van der Waals surface area contributed by atoms with Crippen LogP contribution in [0.15, 0.2) is 10.6 Å². The predicted molar refractivity (Wildman–Crippen MR) is 38.7 cm³/mol. The Morgan fingerprint density at radius 2 is 2.40 bits per heavy atom. The highest BCUT2D eigenvalue weighted by atomic mass is 16.5. The summed E-state index contributed by atoms with van der Waals surface area (Å²) in [7, 11) is 1.90. The van der Waals surface area contributed by atoms with Crippen LogP contribution < -0.4 is 5.32 Å². The van der Waals surface area contributed by atoms with Gasteiger partial charge in [-0.2, -0.15) is 0 Å². The van der Waals surface area contributed by atoms with Crippen molar-refractivity contribution in [2.75, 3.05) is 7.05 Å². The average molecular weight is 140 g/mol. The van der Waals surface area contributed by atoms with Crippen LogP contribution in [0, 0.1) is 6.92 Å². The lowest BCUT2D eigenvalue weighted by Gasteiger charge is -2.02. The minimum atomic E-state index is 0.275. The Bertz CT molecular complexity index is 207. The molecule has 1 N–H and O–H groups in total. The van der Waals surface area contributed by atoms with Crippen molar-refractivity contribution in [1.82, 2.24) is 10.5 Å². The van der Waals surface area contributed by atoms with Crippen molar-refractivity contribution in [2.24, 2.45) is 0 Å². The quantitative estimate of drug-likeness (QED) is 0.672. The SMILES string of the molecule is CNC(C)c1cc(C)on1. The molecule has 1 rings (SSSR count). The molecule has 0 amide bonds. The molecule has 0 aliphatic carbocycles. The van der Waals surface area contributed by atoms with E-state index in [4.69, 9.17) is 4.52 Å². The lowest BCUT2D eigenvalue weighted by Crippen LogP contribution is -2.12. The molecule has 0 fully saturated rings. The molecular formula is C7H12N2O. The predicted octanol–water partition coefficient (Wildman–Crippen LogP) is 1.26. The topological polar surface area (TPSA) is 38.1 Å². The molecule has 0 aliphatic heterocycles. The van der Waals surface area contributed by atoms with Gasteiger partial charge in [-0.3, -0.25) is 0 Å². The summed E-state index contributed by atoms with van der Waals surface area (Å²) in [5.74, 6) is 0.858. The third-order valence-electron chi connectivity index (χ3n) is 1.52. The summed E-state index contributed by atoms with van der Waals surface area (Å²) in [5.41, 5.74) is 0.958. The maximum absolute atomic E-state index is 4.90. The largest absolute Gasteiger partial charge is 0.361 e. The van der Waals surface area contributed by atoms with Crippen LogP contribution in [0.5, 0.6) is 0 Å². The fraction of sp³-hybridized carbons (Fsp3) is 0.571. The van der Waals surface area contributed by atoms with E-state index in [0.29, 0.717) is 0 Å². The van der Waals surface area contributed by atoms with E-state index in [1.54, 1.807) is 0 Å². The molecule has 0 spiro atoms. The molecule has 1 aromatic heterocycles. The van der Waals surface area contributed by atoms with Gasteiger partial charge in [0.05, 0.1) is 0 Å². The first kappa shape index (κ1) is 7.28. The second kappa shape index (κ2) is 2.84. The van der Waals surface area contributed by atoms with Gasteiger partial charge in [-0.1, -0.05) is 5.16 Å². The summed E-state index contributed by atoms with van der Waals surface area (Å²) >= 11 is 0. The van der Waals surface area contributed by atoms with Gasteiger partial charge in [0.25, 0.3) is 0 Å². The highest BCUT2D eigenvalue weighted by Gasteiger charge is 2.06. The van der Waals surface area contributed by atoms with Crippen LogP contribution in [-0.2, 0) is 0 Å². The molecule has 1 heterocycles. The number of aromatic nitrogens is 1. The van der Waals surface area contributed by atoms with E-state index in [1.807, 2.05) is 27.0 Å². The van der Waals surface area contributed by atoms with E-state index < -0.39 is 0 Å². The van der Waals surface area contributed by atoms with Gasteiger partial charge in [0.15, 0.2) is 0 Å². The van der Waals surface area contributed by atoms with Crippen LogP contribution in [0.3, 0.4) is 0 Å². The summed E-state index contributed by atoms with van der Waals surface area (Å²) in [6.07, 6.45) is 0. The number of nitrogens with zero attached hydrogens (tertiary/aromatic N) is 1. The summed E-state index contributed by atoms with van der Waals surface area (Å²) in [4.78, 5) is 0. The van der Waals surface area contributed by atoms with Gasteiger partial charge in [0.1, 0.15) is 11.5 Å². The molecule has 1 atom stereocenters. The number of rotatable bonds is 2. The van der Waals surface area contributed by atoms with Crippen LogP contribution >= 0.6 is 0 Å². The molecule has 0 aromatic carbocycles. The minimum Gasteiger partial charge on any atom is -0.361 e. The van der Waals surface area contributed by atoms with Crippen LogP contribution in [-0.4, -0.2) is 12.2 Å². The van der Waals surface area contributed by atoms with E-state index in [0.717, 1.165) is 11.5 Å². The van der Waals surface area contributed by atoms with Gasteiger partial charge in [-0.15, -0.1) is 0 Å². The molecule has 0 radical (unpaired) electrons. The van der Waals surface area contributed by atoms with Gasteiger partial charge in [-0.05, 0) is 20.9 Å². The van der Waals surface area contributed by atoms with Crippen LogP contribution in [0.1, 0.15) is 24.4 Å². The lowest BCUT2D eigenvalue weighted by atomic mass is 10.2. The molecule has 0 aliphatic rings. The molecule has 10 heavy (non-hydrogen) atoms. The lowest BCUT2D eigenvalue weighted by molar-refractivity contribution is 0.383. The first-order chi connectivity index (χ1) is 4.74. The summed E-state index contributed by atoms with van der Waals surface area (Å²) in [6.45, 7) is 3.93. The van der Waals surface area contributed by atoms with Crippen molar-refractivity contribution in [3.8, 4) is 0 Å². The molecule has 0 saturated heterocycles. The van der Waals surface area contributed by atoms with Crippen molar-refractivity contribution in [2.45, 2.75) is 19.9 Å². The first-order valence-corrected chi connectivity index (χ1v) is 3.34. The average Bonchev–Trinajstić information content (AvgIpc) is 2.34. The van der Waals surface area contributed by atoms with Crippen molar-refractivity contribution in [3.63, 3.8) is 0 Å². The number of hydrogen-bond acceptors (Lipinski definition) is 3. The molecule has 1 unspecified atom stereocenters. The van der Waals surface area contributed by atoms with E-state index in [-0.39, 0.29) is 6.04 Å². The highest BCUT2D eigenvalue weighted by molar-refractivity contribution is 5.07. The standard InChI is InChI=1S/C7H12N2O/c1-5-4-7(9-10-5)6(2)8-3/h4,6,8H,1-3H3. The Kier molecular flexibility index (Phi) is 2.06. The molecule has 3 nitrogen and oxygen atoms in total. The van der Waals surface area contributed by atoms with E-state index >= 15 is 0 Å². The first-order valence-electron chi connectivity index (χ1n) is 3.34. The molecule has 0 saturated carbocycles. The highest BCUT2D eigenvalue weighted by Crippen LogP contribution is 2.10. The van der Waals surface area contributed by atoms with Crippen LogP contribution in [0.2, 0.25) is 0 Å². The van der Waals surface area contributed by atoms with Gasteiger partial charge in [0.2, 0.25) is 0 Å². The second-order valence-corrected chi connectivity index (χ2v) is 2.37. The van der Waals surface area contributed by atoms with Gasteiger partial charge < -0.3 is 9.84 Å². The van der Waals surface area contributed by atoms with Gasteiger partial charge in [-0.25, -0.2) is 0 Å². The zero-order chi connectivity index (χ0) is 7.56. The summed E-state index contributed by atoms with van der Waals surface area (Å²) in [6, 6.07) is 2.21. The zero-order valence-electron chi connectivity index (χ0n) is 6.51. The van der Waals surface area contributed by atoms with Crippen molar-refractivity contribution < 1.29 is 4.52 Å². The summed E-state index contributed by atoms with van der Waals surface area (Å²) in [5, 5.41) is 6.92. The molecule has 0 bridgehead atoms. The van der Waals surface area contributed by atoms with E-state index in [9.17, 15) is 0 Å². The van der Waals surface area contributed by atoms with E-state index in [2.05, 4.69) is 10.5 Å². The second-order valence-electron chi connectivity index (χ2n) is 2.37. The number of hydrogen-bond donors (Lipinski definition) is 1. The van der Waals surface area contributed by atoms with Crippen molar-refractivity contribution in [3.05, 3.63) is 17.5 Å². The molecule has 1 aromatic rings. The third kappa shape index (κ3) is 1.36. The normalized spacial score (nSPS) is 13.5. The fourth-order valence-corrected chi connectivity index (χ4v) is 0.738. The Hall–Kier alpha value is -0.830. The number of aryl methyl sites for hydroxylation is 1. The molecule has 3 heteroatoms. The Labute approximate surface area is 60.4 Å². The zero-order valence-corrected chi connectivity index (χ0v) is 6.51. The minimum absolute atomic E-state index is 0.275. The maximum Gasteiger partial charge on any atom is 0.133 e. The smallest absolute Gasteiger partial charge is 0.133 e. The van der Waals surface area contributed by atoms with Crippen molar-refractivity contribution in [1.29, 1.82) is 0 Å². The maximum atomic E-state index is 4.90. The Morgan fingerprint density at radius 3 is 2.80 bits per heavy atom. The van der Waals surface area contributed by atoms with Crippen LogP contribution in [0.4, 0.5) is 0 Å². The van der Waals surface area contributed by atoms with E-state index in [1.165, 1.54) is 0 Å². The van der Waals surface area contributed by atoms with Crippen LogP contribution in [0.25, 0.3) is 0 Å². The Balaban J connectivity index is 2.74. The number of nitrogens with one attached hydrogen (secondary N) is 1.